The summed E-state index contributed by atoms with van der Waals surface area (Å²) in [5.74, 6) is 0. The summed E-state index contributed by atoms with van der Waals surface area (Å²) >= 11 is 6.46. The van der Waals surface area contributed by atoms with Crippen molar-refractivity contribution in [3.05, 3.63) is 58.1 Å². The van der Waals surface area contributed by atoms with Crippen molar-refractivity contribution in [1.29, 1.82) is 0 Å². The van der Waals surface area contributed by atoms with Crippen LogP contribution in [0.15, 0.2) is 52.5 Å². The molecule has 3 rings (SSSR count). The van der Waals surface area contributed by atoms with Gasteiger partial charge in [-0.25, -0.2) is 0 Å². The van der Waals surface area contributed by atoms with Crippen LogP contribution in [0.5, 0.6) is 0 Å². The molecule has 1 fully saturated rings. The van der Waals surface area contributed by atoms with Crippen molar-refractivity contribution in [3.8, 4) is 0 Å². The molecule has 0 saturated carbocycles. The van der Waals surface area contributed by atoms with Gasteiger partial charge in [0.25, 0.3) is 0 Å². The van der Waals surface area contributed by atoms with Gasteiger partial charge in [-0.1, -0.05) is 94.9 Å². The van der Waals surface area contributed by atoms with Gasteiger partial charge in [0.05, 0.1) is 3.42 Å². The summed E-state index contributed by atoms with van der Waals surface area (Å²) in [5, 5.41) is 0. The third-order valence-electron chi connectivity index (χ3n) is 5.22. The van der Waals surface area contributed by atoms with Crippen LogP contribution in [-0.4, -0.2) is 20.9 Å². The highest BCUT2D eigenvalue weighted by Gasteiger charge is 2.52. The number of benzene rings is 1. The van der Waals surface area contributed by atoms with E-state index < -0.39 is 0 Å². The van der Waals surface area contributed by atoms with E-state index in [2.05, 4.69) is 107 Å². The molecule has 0 amide bonds. The summed E-state index contributed by atoms with van der Waals surface area (Å²) in [5.41, 5.74) is 3.06. The maximum absolute atomic E-state index is 3.75. The van der Waals surface area contributed by atoms with Crippen molar-refractivity contribution in [3.63, 3.8) is 0 Å². The van der Waals surface area contributed by atoms with Crippen LogP contribution < -0.4 is 0 Å². The van der Waals surface area contributed by atoms with Crippen molar-refractivity contribution < 1.29 is 0 Å². The number of allylic oxidation sites excluding steroid dienone is 2. The van der Waals surface area contributed by atoms with Crippen LogP contribution in [0.1, 0.15) is 32.8 Å². The quantitative estimate of drug-likeness (QED) is 0.395. The molecule has 0 spiro atoms. The van der Waals surface area contributed by atoms with E-state index in [0.29, 0.717) is 11.5 Å². The van der Waals surface area contributed by atoms with Crippen molar-refractivity contribution in [2.24, 2.45) is 5.41 Å². The molecule has 1 nitrogen and oxygen atoms in total. The van der Waals surface area contributed by atoms with Crippen molar-refractivity contribution >= 4 is 38.5 Å². The number of likely N-dealkylation sites (tertiary alicyclic amines) is 1. The predicted molar refractivity (Wildman–Crippen MR) is 107 cm³/mol. The second kappa shape index (κ2) is 6.06. The molecule has 1 aromatic carbocycles. The Morgan fingerprint density at radius 3 is 2.64 bits per heavy atom. The molecule has 2 aliphatic rings. The van der Waals surface area contributed by atoms with Gasteiger partial charge < -0.3 is 0 Å². The fourth-order valence-corrected chi connectivity index (χ4v) is 5.25. The van der Waals surface area contributed by atoms with Gasteiger partial charge in [-0.3, -0.25) is 4.90 Å². The Bertz CT molecular complexity index is 620. The van der Waals surface area contributed by atoms with Gasteiger partial charge in [-0.05, 0) is 36.4 Å². The molecule has 0 N–H and O–H groups in total. The zero-order valence-electron chi connectivity index (χ0n) is 13.4. The Balaban J connectivity index is 1.95. The Morgan fingerprint density at radius 1 is 1.27 bits per heavy atom. The number of alkyl halides is 1. The van der Waals surface area contributed by atoms with Crippen molar-refractivity contribution in [1.82, 2.24) is 4.90 Å². The summed E-state index contributed by atoms with van der Waals surface area (Å²) in [6.45, 7) is 9.23. The lowest BCUT2D eigenvalue weighted by Gasteiger charge is -2.55. The minimum atomic E-state index is 0.152. The molecule has 1 heterocycles. The SMILES string of the molecule is CC1=C[C@]2(I)C(C=C1Br)N(Cc1ccccc1)CCC2(C)C. The van der Waals surface area contributed by atoms with E-state index in [1.165, 1.54) is 22.0 Å². The molecule has 118 valence electrons. The Labute approximate surface area is 156 Å². The van der Waals surface area contributed by atoms with Crippen molar-refractivity contribution in [2.45, 2.75) is 43.2 Å². The average Bonchev–Trinajstić information content (AvgIpc) is 2.47. The maximum atomic E-state index is 3.75. The smallest absolute Gasteiger partial charge is 0.0649 e. The summed E-state index contributed by atoms with van der Waals surface area (Å²) in [7, 11) is 0. The summed E-state index contributed by atoms with van der Waals surface area (Å²) < 4.78 is 1.40. The number of halogens is 2. The van der Waals surface area contributed by atoms with Gasteiger partial charge in [0.1, 0.15) is 0 Å². The number of piperidine rings is 1. The highest BCUT2D eigenvalue weighted by Crippen LogP contribution is 2.54. The Hall–Kier alpha value is -0.130. The molecule has 1 aliphatic heterocycles. The second-order valence-electron chi connectivity index (χ2n) is 7.14. The van der Waals surface area contributed by atoms with Gasteiger partial charge in [-0.15, -0.1) is 0 Å². The van der Waals surface area contributed by atoms with Crippen LogP contribution in [0.2, 0.25) is 0 Å². The summed E-state index contributed by atoms with van der Waals surface area (Å²) in [6.07, 6.45) is 6.14. The Morgan fingerprint density at radius 2 is 1.95 bits per heavy atom. The number of nitrogens with zero attached hydrogens (tertiary/aromatic N) is 1. The highest BCUT2D eigenvalue weighted by molar-refractivity contribution is 14.1. The highest BCUT2D eigenvalue weighted by atomic mass is 127. The van der Waals surface area contributed by atoms with Gasteiger partial charge in [-0.2, -0.15) is 0 Å². The molecule has 1 aliphatic carbocycles. The second-order valence-corrected chi connectivity index (χ2v) is 9.78. The number of hydrogen-bond donors (Lipinski definition) is 0. The lowest BCUT2D eigenvalue weighted by atomic mass is 9.67. The van der Waals surface area contributed by atoms with Gasteiger partial charge >= 0.3 is 0 Å². The van der Waals surface area contributed by atoms with E-state index in [-0.39, 0.29) is 3.42 Å². The van der Waals surface area contributed by atoms with Crippen LogP contribution in [0, 0.1) is 5.41 Å². The van der Waals surface area contributed by atoms with E-state index in [4.69, 9.17) is 0 Å². The first-order valence-electron chi connectivity index (χ1n) is 7.87. The molecular formula is C19H23BrIN. The monoisotopic (exact) mass is 471 g/mol. The number of fused-ring (bicyclic) bond motifs is 1. The van der Waals surface area contributed by atoms with Crippen LogP contribution in [-0.2, 0) is 6.54 Å². The molecule has 0 bridgehead atoms. The number of rotatable bonds is 2. The van der Waals surface area contributed by atoms with Crippen molar-refractivity contribution in [2.75, 3.05) is 6.54 Å². The topological polar surface area (TPSA) is 3.24 Å². The molecule has 1 unspecified atom stereocenters. The van der Waals surface area contributed by atoms with Crippen LogP contribution >= 0.6 is 38.5 Å². The van der Waals surface area contributed by atoms with E-state index in [9.17, 15) is 0 Å². The standard InChI is InChI=1S/C19H23BrIN/c1-14-12-19(21)17(11-16(14)20)22(10-9-18(19,2)3)13-15-7-5-4-6-8-15/h4-8,11-12,17H,9-10,13H2,1-3H3/t17?,19-/m0/s1. The lowest BCUT2D eigenvalue weighted by molar-refractivity contribution is 0.0711. The third-order valence-corrected chi connectivity index (χ3v) is 8.52. The molecule has 22 heavy (non-hydrogen) atoms. The normalized spacial score (nSPS) is 31.2. The fraction of sp³-hybridized carbons (Fsp3) is 0.474. The number of hydrogen-bond acceptors (Lipinski definition) is 1. The largest absolute Gasteiger partial charge is 0.291 e. The fourth-order valence-electron chi connectivity index (χ4n) is 3.58. The predicted octanol–water partition coefficient (Wildman–Crippen LogP) is 5.70. The molecule has 3 heteroatoms. The molecule has 1 saturated heterocycles. The third kappa shape index (κ3) is 2.84. The molecule has 2 atom stereocenters. The molecular weight excluding hydrogens is 449 g/mol. The summed E-state index contributed by atoms with van der Waals surface area (Å²) in [4.78, 5) is 2.64. The first-order chi connectivity index (χ1) is 10.3. The zero-order valence-corrected chi connectivity index (χ0v) is 17.2. The maximum Gasteiger partial charge on any atom is 0.0649 e. The lowest BCUT2D eigenvalue weighted by Crippen LogP contribution is -2.60. The van der Waals surface area contributed by atoms with Gasteiger partial charge in [0, 0.05) is 17.1 Å². The van der Waals surface area contributed by atoms with E-state index in [1.54, 1.807) is 0 Å². The van der Waals surface area contributed by atoms with Crippen LogP contribution in [0.4, 0.5) is 0 Å². The zero-order chi connectivity index (χ0) is 16.0. The minimum Gasteiger partial charge on any atom is -0.291 e. The van der Waals surface area contributed by atoms with Gasteiger partial charge in [0.15, 0.2) is 0 Å². The van der Waals surface area contributed by atoms with Crippen LogP contribution in [0.25, 0.3) is 0 Å². The summed E-state index contributed by atoms with van der Waals surface area (Å²) in [6, 6.07) is 11.3. The minimum absolute atomic E-state index is 0.152. The first-order valence-corrected chi connectivity index (χ1v) is 9.75. The first kappa shape index (κ1) is 16.7. The molecule has 0 radical (unpaired) electrons. The van der Waals surface area contributed by atoms with E-state index in [0.717, 1.165) is 13.1 Å². The average molecular weight is 472 g/mol. The molecule has 1 aromatic rings. The van der Waals surface area contributed by atoms with Gasteiger partial charge in [0.2, 0.25) is 0 Å². The van der Waals surface area contributed by atoms with E-state index in [1.807, 2.05) is 0 Å². The molecule has 0 aromatic heterocycles. The van der Waals surface area contributed by atoms with Crippen LogP contribution in [0.3, 0.4) is 0 Å². The van der Waals surface area contributed by atoms with E-state index >= 15 is 0 Å². The Kier molecular flexibility index (Phi) is 4.61.